The summed E-state index contributed by atoms with van der Waals surface area (Å²) < 4.78 is 86.3. The molecule has 0 bridgehead atoms. The van der Waals surface area contributed by atoms with Gasteiger partial charge in [-0.15, -0.1) is 0 Å². The van der Waals surface area contributed by atoms with E-state index in [1.165, 1.54) is 12.7 Å². The third kappa shape index (κ3) is 9.41. The van der Waals surface area contributed by atoms with Crippen LogP contribution in [-0.4, -0.2) is 172 Å². The lowest BCUT2D eigenvalue weighted by Gasteiger charge is -2.52. The molecule has 1 saturated carbocycles. The minimum atomic E-state index is -0.907. The molecule has 6 saturated heterocycles. The van der Waals surface area contributed by atoms with Gasteiger partial charge in [0.2, 0.25) is 5.79 Å². The Morgan fingerprint density at radius 3 is 1.86 bits per heavy atom. The molecule has 0 radical (unpaired) electrons. The molecule has 7 fully saturated rings. The van der Waals surface area contributed by atoms with Gasteiger partial charge in [0.15, 0.2) is 25.2 Å². The van der Waals surface area contributed by atoms with E-state index in [2.05, 4.69) is 13.0 Å². The fraction of sp³-hybridized carbons (Fsp3) is 0.896. The van der Waals surface area contributed by atoms with Crippen LogP contribution in [0, 0.1) is 23.2 Å². The summed E-state index contributed by atoms with van der Waals surface area (Å²) in [5.41, 5.74) is 1.91. The summed E-state index contributed by atoms with van der Waals surface area (Å²) in [5.74, 6) is -1.43. The van der Waals surface area contributed by atoms with Crippen LogP contribution in [0.1, 0.15) is 99.3 Å². The van der Waals surface area contributed by atoms with Crippen LogP contribution in [0.2, 0.25) is 0 Å². The maximum Gasteiger partial charge on any atom is 0.309 e. The van der Waals surface area contributed by atoms with Crippen LogP contribution in [0.5, 0.6) is 0 Å². The quantitative estimate of drug-likeness (QED) is 0.200. The highest BCUT2D eigenvalue weighted by Gasteiger charge is 2.59. The highest BCUT2D eigenvalue weighted by molar-refractivity contribution is 5.74. The molecular weight excluding hydrogens is 865 g/mol. The fourth-order valence-corrected chi connectivity index (χ4v) is 12.8. The predicted octanol–water partition coefficient (Wildman–Crippen LogP) is 3.54. The van der Waals surface area contributed by atoms with E-state index in [1.807, 2.05) is 27.7 Å². The fourth-order valence-electron chi connectivity index (χ4n) is 12.8. The lowest BCUT2D eigenvalue weighted by molar-refractivity contribution is -0.347. The highest BCUT2D eigenvalue weighted by Crippen LogP contribution is 2.57. The lowest BCUT2D eigenvalue weighted by Crippen LogP contribution is -2.58. The first kappa shape index (κ1) is 49.1. The molecule has 66 heavy (non-hydrogen) atoms. The summed E-state index contributed by atoms with van der Waals surface area (Å²) in [4.78, 5) is 13.8. The highest BCUT2D eigenvalue weighted by atomic mass is 16.8. The topological polar surface area (TPSA) is 207 Å². The molecule has 374 valence electrons. The van der Waals surface area contributed by atoms with Crippen LogP contribution in [0.3, 0.4) is 0 Å². The number of carbonyl (C=O) groups excluding carboxylic acids is 1. The van der Waals surface area contributed by atoms with Crippen molar-refractivity contribution in [3.8, 4) is 0 Å². The minimum Gasteiger partial charge on any atom is -0.469 e. The molecule has 9 aliphatic rings. The molecule has 7 aliphatic heterocycles. The van der Waals surface area contributed by atoms with Gasteiger partial charge in [0.1, 0.15) is 30.5 Å². The lowest BCUT2D eigenvalue weighted by atomic mass is 9.55. The van der Waals surface area contributed by atoms with Crippen molar-refractivity contribution >= 4 is 5.97 Å². The molecule has 0 aromatic heterocycles. The number of hydrogen-bond acceptors (Lipinski definition) is 18. The average Bonchev–Trinajstić information content (AvgIpc) is 3.79. The second-order valence-electron chi connectivity index (χ2n) is 20.6. The van der Waals surface area contributed by atoms with Crippen LogP contribution in [-0.2, 0) is 71.1 Å². The molecule has 3 N–H and O–H groups in total. The summed E-state index contributed by atoms with van der Waals surface area (Å²) >= 11 is 0. The predicted molar refractivity (Wildman–Crippen MR) is 229 cm³/mol. The van der Waals surface area contributed by atoms with E-state index in [-0.39, 0.29) is 36.2 Å². The number of allylic oxidation sites excluding steroid dienone is 1. The van der Waals surface area contributed by atoms with E-state index in [4.69, 9.17) is 66.3 Å². The van der Waals surface area contributed by atoms with E-state index in [0.29, 0.717) is 45.1 Å². The van der Waals surface area contributed by atoms with Crippen molar-refractivity contribution in [1.82, 2.24) is 0 Å². The van der Waals surface area contributed by atoms with Gasteiger partial charge in [-0.2, -0.15) is 0 Å². The van der Waals surface area contributed by atoms with Gasteiger partial charge in [-0.05, 0) is 76.7 Å². The van der Waals surface area contributed by atoms with Gasteiger partial charge in [0.05, 0.1) is 85.7 Å². The van der Waals surface area contributed by atoms with E-state index in [1.54, 1.807) is 27.4 Å². The van der Waals surface area contributed by atoms with Gasteiger partial charge in [-0.1, -0.05) is 18.6 Å². The van der Waals surface area contributed by atoms with Crippen LogP contribution in [0.15, 0.2) is 23.5 Å². The van der Waals surface area contributed by atoms with Crippen LogP contribution in [0.4, 0.5) is 0 Å². The minimum absolute atomic E-state index is 0.0155. The van der Waals surface area contributed by atoms with Gasteiger partial charge in [-0.3, -0.25) is 4.79 Å². The zero-order valence-electron chi connectivity index (χ0n) is 39.9. The van der Waals surface area contributed by atoms with Gasteiger partial charge >= 0.3 is 5.97 Å². The third-order valence-electron chi connectivity index (χ3n) is 16.5. The first-order valence-corrected chi connectivity index (χ1v) is 24.3. The molecule has 18 nitrogen and oxygen atoms in total. The standard InChI is InChI=1S/C48H74O18/c1-22-42(51)33(53-7)16-39(58-22)64-43-23(2)59-37(15-30(43)49)65-44-25(4)61-40(18-35(44)55-9)66-45-24(3)60-38(17-34(45)54-8)62-32-14-27-11-12-28-29(47(27,5)19-31(32)50)13-10-26-20-56-48(6)41(26)36(21-57-48)63-46(28)52/h11,20,22-25,28-45,49-51H,10,12-19,21H2,1-9H3/t22-,23-,24-,25+,28-,29+,30+,31-,32-,33+,34+,35-,36-,37+,38+,39+,40+,41-,42-,43-,44-,45-,47+,48+/m1/s1. The van der Waals surface area contributed by atoms with E-state index >= 15 is 0 Å². The SMILES string of the molecule is CO[C@H]1C[C@H](O[C@H]2[C@@H](O)C[C@H](O[C@@H]3[C@H](C)O[C@@H](O[C@H]4[C@@H](OC)C[C@H](O[C@@H]5CC6=CC[C@H]7C(=O)O[C@@H]8CO[C@]9(C)OC=C(CC[C@@H]7[C@@]6(C)C[C@H]5O)[C@H]89)O[C@@H]4C)C[C@H]3OC)O[C@@H]2C)O[C@H](C)[C@H]1O. The molecule has 0 aromatic carbocycles. The number of esters is 1. The van der Waals surface area contributed by atoms with Gasteiger partial charge in [-0.25, -0.2) is 0 Å². The van der Waals surface area contributed by atoms with Crippen molar-refractivity contribution in [2.24, 2.45) is 23.2 Å². The number of ether oxygens (including phenoxy) is 14. The molecule has 18 heteroatoms. The van der Waals surface area contributed by atoms with Gasteiger partial charge in [0, 0.05) is 53.9 Å². The van der Waals surface area contributed by atoms with Crippen molar-refractivity contribution in [1.29, 1.82) is 0 Å². The molecule has 0 unspecified atom stereocenters. The first-order chi connectivity index (χ1) is 31.5. The van der Waals surface area contributed by atoms with E-state index < -0.39 is 122 Å². The maximum atomic E-state index is 13.8. The summed E-state index contributed by atoms with van der Waals surface area (Å²) in [7, 11) is 4.80. The number of aliphatic hydroxyl groups is 3. The Bertz CT molecular complexity index is 1750. The smallest absolute Gasteiger partial charge is 0.309 e. The number of hydrogen-bond donors (Lipinski definition) is 3. The Balaban J connectivity index is 0.772. The number of aliphatic hydroxyl groups excluding tert-OH is 3. The van der Waals surface area contributed by atoms with Crippen molar-refractivity contribution in [3.63, 3.8) is 0 Å². The Morgan fingerprint density at radius 2 is 1.24 bits per heavy atom. The number of fused-ring (bicyclic) bond motifs is 3. The monoisotopic (exact) mass is 938 g/mol. The van der Waals surface area contributed by atoms with E-state index in [9.17, 15) is 20.1 Å². The molecular formula is C48H74O18. The first-order valence-electron chi connectivity index (χ1n) is 24.3. The van der Waals surface area contributed by atoms with Crippen molar-refractivity contribution < 1.29 is 86.4 Å². The Hall–Kier alpha value is -1.85. The number of methoxy groups -OCH3 is 3. The Kier molecular flexibility index (Phi) is 14.7. The summed E-state index contributed by atoms with van der Waals surface area (Å²) in [5, 5.41) is 33.4. The average molecular weight is 939 g/mol. The number of rotatable bonds is 11. The second kappa shape index (κ2) is 19.7. The van der Waals surface area contributed by atoms with Gasteiger partial charge in [0.25, 0.3) is 0 Å². The zero-order chi connectivity index (χ0) is 46.8. The van der Waals surface area contributed by atoms with Crippen molar-refractivity contribution in [2.75, 3.05) is 27.9 Å². The molecule has 0 spiro atoms. The molecule has 0 aromatic rings. The third-order valence-corrected chi connectivity index (χ3v) is 16.5. The van der Waals surface area contributed by atoms with Crippen molar-refractivity contribution in [2.45, 2.75) is 222 Å². The second-order valence-corrected chi connectivity index (χ2v) is 20.6. The Morgan fingerprint density at radius 1 is 0.682 bits per heavy atom. The Labute approximate surface area is 388 Å². The molecule has 9 rings (SSSR count). The van der Waals surface area contributed by atoms with E-state index in [0.717, 1.165) is 18.4 Å². The summed E-state index contributed by atoms with van der Waals surface area (Å²) in [6.07, 6.45) is -2.74. The van der Waals surface area contributed by atoms with Gasteiger partial charge < -0.3 is 81.6 Å². The van der Waals surface area contributed by atoms with Crippen LogP contribution < -0.4 is 0 Å². The molecule has 24 atom stereocenters. The molecule has 0 amide bonds. The molecule has 7 heterocycles. The normalized spacial score (nSPS) is 51.7. The summed E-state index contributed by atoms with van der Waals surface area (Å²) in [6, 6.07) is 0. The maximum absolute atomic E-state index is 13.8. The zero-order valence-corrected chi connectivity index (χ0v) is 39.9. The number of carbonyl (C=O) groups is 1. The van der Waals surface area contributed by atoms with Crippen LogP contribution in [0.25, 0.3) is 0 Å². The summed E-state index contributed by atoms with van der Waals surface area (Å²) in [6.45, 7) is 11.8. The van der Waals surface area contributed by atoms with Crippen LogP contribution >= 0.6 is 0 Å². The molecule has 2 aliphatic carbocycles. The largest absolute Gasteiger partial charge is 0.469 e. The van der Waals surface area contributed by atoms with Crippen molar-refractivity contribution in [3.05, 3.63) is 23.5 Å².